The molecule has 0 fully saturated rings. The summed E-state index contributed by atoms with van der Waals surface area (Å²) in [5, 5.41) is 17.0. The van der Waals surface area contributed by atoms with Gasteiger partial charge in [0, 0.05) is 17.7 Å². The van der Waals surface area contributed by atoms with E-state index in [-0.39, 0.29) is 33.0 Å². The zero-order valence-electron chi connectivity index (χ0n) is 18.3. The van der Waals surface area contributed by atoms with Crippen LogP contribution in [0.4, 0.5) is 5.69 Å². The number of hydrazone groups is 1. The summed E-state index contributed by atoms with van der Waals surface area (Å²) in [6.07, 6.45) is 1.20. The van der Waals surface area contributed by atoms with Crippen LogP contribution in [0.2, 0.25) is 0 Å². The van der Waals surface area contributed by atoms with E-state index in [4.69, 9.17) is 4.18 Å². The standard InChI is InChI=1S/C25H15N3O7S/c29-24-20-7-3-4-8-21(20)25(30)27(24)26-15-22-19-6-2-1-5-16(19)9-14-23(22)35-36(33,34)18-12-10-17(11-13-18)28(31)32/h1-15H/b26-15+. The highest BCUT2D eigenvalue weighted by molar-refractivity contribution is 7.87. The van der Waals surface area contributed by atoms with Crippen molar-refractivity contribution in [1.82, 2.24) is 5.01 Å². The molecule has 10 nitrogen and oxygen atoms in total. The predicted octanol–water partition coefficient (Wildman–Crippen LogP) is 4.15. The lowest BCUT2D eigenvalue weighted by Crippen LogP contribution is -2.24. The van der Waals surface area contributed by atoms with Gasteiger partial charge in [0.25, 0.3) is 17.5 Å². The van der Waals surface area contributed by atoms with Crippen molar-refractivity contribution in [1.29, 1.82) is 0 Å². The number of hydrogen-bond donors (Lipinski definition) is 0. The first-order valence-electron chi connectivity index (χ1n) is 10.5. The number of carbonyl (C=O) groups excluding carboxylic acids is 2. The third-order valence-corrected chi connectivity index (χ3v) is 6.79. The first kappa shape index (κ1) is 22.9. The Hall–Kier alpha value is -4.90. The Kier molecular flexibility index (Phi) is 5.53. The van der Waals surface area contributed by atoms with Crippen molar-refractivity contribution >= 4 is 44.6 Å². The number of hydrogen-bond acceptors (Lipinski definition) is 8. The fraction of sp³-hybridized carbons (Fsp3) is 0. The fourth-order valence-electron chi connectivity index (χ4n) is 3.78. The molecule has 0 unspecified atom stereocenters. The van der Waals surface area contributed by atoms with E-state index >= 15 is 0 Å². The Balaban J connectivity index is 1.54. The molecule has 2 amide bonds. The molecule has 0 saturated heterocycles. The van der Waals surface area contributed by atoms with Crippen molar-refractivity contribution in [3.05, 3.63) is 112 Å². The lowest BCUT2D eigenvalue weighted by Gasteiger charge is -2.13. The summed E-state index contributed by atoms with van der Waals surface area (Å²) < 4.78 is 31.2. The molecule has 0 radical (unpaired) electrons. The SMILES string of the molecule is O=C1c2ccccc2C(=O)N1/N=C/c1c(OS(=O)(=O)c2ccc([N+](=O)[O-])cc2)ccc2ccccc12. The first-order chi connectivity index (χ1) is 17.3. The zero-order valence-corrected chi connectivity index (χ0v) is 19.1. The minimum absolute atomic E-state index is 0.104. The van der Waals surface area contributed by atoms with Crippen LogP contribution in [0.1, 0.15) is 26.3 Å². The van der Waals surface area contributed by atoms with Crippen LogP contribution in [-0.4, -0.2) is 36.4 Å². The summed E-state index contributed by atoms with van der Waals surface area (Å²) in [6, 6.07) is 20.7. The van der Waals surface area contributed by atoms with Crippen molar-refractivity contribution in [3.8, 4) is 5.75 Å². The van der Waals surface area contributed by atoms with Crippen LogP contribution in [0.3, 0.4) is 0 Å². The highest BCUT2D eigenvalue weighted by Gasteiger charge is 2.35. The number of fused-ring (bicyclic) bond motifs is 2. The number of nitro benzene ring substituents is 1. The van der Waals surface area contributed by atoms with Crippen LogP contribution < -0.4 is 4.18 Å². The minimum atomic E-state index is -4.38. The van der Waals surface area contributed by atoms with E-state index < -0.39 is 26.9 Å². The molecule has 11 heteroatoms. The molecule has 0 aromatic heterocycles. The van der Waals surface area contributed by atoms with E-state index in [2.05, 4.69) is 5.10 Å². The van der Waals surface area contributed by atoms with Crippen LogP contribution >= 0.6 is 0 Å². The van der Waals surface area contributed by atoms with Gasteiger partial charge in [0.15, 0.2) is 5.75 Å². The third-order valence-electron chi connectivity index (χ3n) is 5.54. The zero-order chi connectivity index (χ0) is 25.4. The molecule has 0 saturated carbocycles. The van der Waals surface area contributed by atoms with Gasteiger partial charge in [-0.3, -0.25) is 19.7 Å². The highest BCUT2D eigenvalue weighted by Crippen LogP contribution is 2.30. The molecule has 1 aliphatic heterocycles. The lowest BCUT2D eigenvalue weighted by atomic mass is 10.0. The summed E-state index contributed by atoms with van der Waals surface area (Å²) in [5.74, 6) is -1.31. The number of carbonyl (C=O) groups is 2. The maximum Gasteiger partial charge on any atom is 0.339 e. The van der Waals surface area contributed by atoms with Crippen molar-refractivity contribution in [2.24, 2.45) is 5.10 Å². The molecular formula is C25H15N3O7S. The van der Waals surface area contributed by atoms with Crippen LogP contribution in [0.15, 0.2) is 94.9 Å². The molecule has 0 spiro atoms. The van der Waals surface area contributed by atoms with E-state index in [0.29, 0.717) is 10.4 Å². The lowest BCUT2D eigenvalue weighted by molar-refractivity contribution is -0.384. The number of amides is 2. The Bertz CT molecular complexity index is 1660. The van der Waals surface area contributed by atoms with Gasteiger partial charge >= 0.3 is 10.1 Å². The van der Waals surface area contributed by atoms with Gasteiger partial charge in [-0.25, -0.2) is 0 Å². The summed E-state index contributed by atoms with van der Waals surface area (Å²) in [6.45, 7) is 0. The number of imide groups is 1. The second-order valence-corrected chi connectivity index (χ2v) is 9.25. The topological polar surface area (TPSA) is 136 Å². The van der Waals surface area contributed by atoms with E-state index in [9.17, 15) is 28.1 Å². The van der Waals surface area contributed by atoms with Crippen LogP contribution in [0, 0.1) is 10.1 Å². The second kappa shape index (κ2) is 8.71. The molecule has 1 heterocycles. The number of nitrogens with zero attached hydrogens (tertiary/aromatic N) is 3. The summed E-state index contributed by atoms with van der Waals surface area (Å²) in [7, 11) is -4.38. The molecular weight excluding hydrogens is 486 g/mol. The van der Waals surface area contributed by atoms with E-state index in [0.717, 1.165) is 29.7 Å². The number of nitro groups is 1. The average Bonchev–Trinajstić information content (AvgIpc) is 3.12. The smallest absolute Gasteiger partial charge is 0.339 e. The van der Waals surface area contributed by atoms with Gasteiger partial charge in [0.05, 0.1) is 22.3 Å². The quantitative estimate of drug-likeness (QED) is 0.127. The molecule has 4 aromatic carbocycles. The molecule has 178 valence electrons. The van der Waals surface area contributed by atoms with Crippen molar-refractivity contribution in [2.75, 3.05) is 0 Å². The van der Waals surface area contributed by atoms with Crippen molar-refractivity contribution in [3.63, 3.8) is 0 Å². The maximum atomic E-state index is 12.9. The fourth-order valence-corrected chi connectivity index (χ4v) is 4.73. The van der Waals surface area contributed by atoms with Gasteiger partial charge in [0.2, 0.25) is 0 Å². The number of non-ortho nitro benzene ring substituents is 1. The molecule has 36 heavy (non-hydrogen) atoms. The van der Waals surface area contributed by atoms with E-state index in [1.54, 1.807) is 42.5 Å². The highest BCUT2D eigenvalue weighted by atomic mass is 32.2. The van der Waals surface area contributed by atoms with Gasteiger partial charge in [0.1, 0.15) is 4.90 Å². The molecule has 0 atom stereocenters. The Morgan fingerprint density at radius 3 is 2.08 bits per heavy atom. The normalized spacial score (nSPS) is 13.4. The van der Waals surface area contributed by atoms with Gasteiger partial charge in [-0.15, -0.1) is 0 Å². The Morgan fingerprint density at radius 2 is 1.44 bits per heavy atom. The summed E-state index contributed by atoms with van der Waals surface area (Å²) in [4.78, 5) is 35.3. The largest absolute Gasteiger partial charge is 0.378 e. The predicted molar refractivity (Wildman–Crippen MR) is 129 cm³/mol. The van der Waals surface area contributed by atoms with E-state index in [1.807, 2.05) is 0 Å². The van der Waals surface area contributed by atoms with E-state index in [1.165, 1.54) is 24.4 Å². The molecule has 4 aromatic rings. The van der Waals surface area contributed by atoms with Gasteiger partial charge in [-0.2, -0.15) is 18.5 Å². The van der Waals surface area contributed by atoms with Gasteiger partial charge in [-0.1, -0.05) is 42.5 Å². The molecule has 0 N–H and O–H groups in total. The molecule has 0 aliphatic carbocycles. The molecule has 1 aliphatic rings. The summed E-state index contributed by atoms with van der Waals surface area (Å²) >= 11 is 0. The second-order valence-electron chi connectivity index (χ2n) is 7.70. The number of benzene rings is 4. The minimum Gasteiger partial charge on any atom is -0.378 e. The molecule has 5 rings (SSSR count). The Morgan fingerprint density at radius 1 is 0.833 bits per heavy atom. The van der Waals surface area contributed by atoms with Crippen LogP contribution in [0.25, 0.3) is 10.8 Å². The average molecular weight is 501 g/mol. The van der Waals surface area contributed by atoms with Crippen molar-refractivity contribution in [2.45, 2.75) is 4.90 Å². The van der Waals surface area contributed by atoms with Crippen molar-refractivity contribution < 1.29 is 27.1 Å². The maximum absolute atomic E-state index is 12.9. The molecule has 0 bridgehead atoms. The van der Waals surface area contributed by atoms with Crippen LogP contribution in [-0.2, 0) is 10.1 Å². The Labute approximate surface area is 204 Å². The monoisotopic (exact) mass is 501 g/mol. The number of rotatable bonds is 6. The first-order valence-corrected chi connectivity index (χ1v) is 11.9. The van der Waals surface area contributed by atoms with Crippen LogP contribution in [0.5, 0.6) is 5.75 Å². The van der Waals surface area contributed by atoms with Gasteiger partial charge < -0.3 is 4.18 Å². The van der Waals surface area contributed by atoms with Gasteiger partial charge in [-0.05, 0) is 41.1 Å². The summed E-state index contributed by atoms with van der Waals surface area (Å²) in [5.41, 5.74) is 0.383. The third kappa shape index (κ3) is 3.97.